The number of nitrogens with zero attached hydrogens (tertiary/aromatic N) is 2. The molecule has 80 valence electrons. The van der Waals surface area contributed by atoms with Crippen molar-refractivity contribution in [3.63, 3.8) is 0 Å². The molecule has 1 heterocycles. The van der Waals surface area contributed by atoms with Crippen LogP contribution in [0.25, 0.3) is 0 Å². The Morgan fingerprint density at radius 3 is 2.64 bits per heavy atom. The van der Waals surface area contributed by atoms with Crippen LogP contribution in [0.3, 0.4) is 0 Å². The number of nitrogens with one attached hydrogen (secondary N) is 1. The Kier molecular flexibility index (Phi) is 4.14. The van der Waals surface area contributed by atoms with E-state index in [0.29, 0.717) is 12.1 Å². The molecule has 1 aromatic heterocycles. The Morgan fingerprint density at radius 1 is 1.43 bits per heavy atom. The summed E-state index contributed by atoms with van der Waals surface area (Å²) in [5, 5.41) is 7.55. The van der Waals surface area contributed by atoms with Gasteiger partial charge in [0.05, 0.1) is 6.20 Å². The van der Waals surface area contributed by atoms with Crippen LogP contribution in [0, 0.1) is 0 Å². The van der Waals surface area contributed by atoms with Gasteiger partial charge in [-0.3, -0.25) is 4.68 Å². The molecule has 3 heteroatoms. The standard InChI is InChI=1S/C11H21N3/c1-9(2)14-8-11(7-13-14)6-5-10(3)12-4/h7-10,12H,5-6H2,1-4H3. The lowest BCUT2D eigenvalue weighted by atomic mass is 10.1. The average molecular weight is 195 g/mol. The fourth-order valence-corrected chi connectivity index (χ4v) is 1.32. The van der Waals surface area contributed by atoms with E-state index in [1.165, 1.54) is 12.0 Å². The van der Waals surface area contributed by atoms with Crippen LogP contribution < -0.4 is 5.32 Å². The molecular weight excluding hydrogens is 174 g/mol. The first-order chi connectivity index (χ1) is 6.63. The van der Waals surface area contributed by atoms with Crippen molar-refractivity contribution in [3.05, 3.63) is 18.0 Å². The molecule has 0 saturated heterocycles. The van der Waals surface area contributed by atoms with Gasteiger partial charge in [0, 0.05) is 18.3 Å². The highest BCUT2D eigenvalue weighted by atomic mass is 15.3. The maximum absolute atomic E-state index is 4.32. The lowest BCUT2D eigenvalue weighted by Crippen LogP contribution is -2.21. The van der Waals surface area contributed by atoms with Gasteiger partial charge < -0.3 is 5.32 Å². The van der Waals surface area contributed by atoms with E-state index >= 15 is 0 Å². The molecule has 0 radical (unpaired) electrons. The Labute approximate surface area is 86.5 Å². The first-order valence-corrected chi connectivity index (χ1v) is 5.33. The van der Waals surface area contributed by atoms with Crippen molar-refractivity contribution in [1.82, 2.24) is 15.1 Å². The van der Waals surface area contributed by atoms with Crippen LogP contribution >= 0.6 is 0 Å². The summed E-state index contributed by atoms with van der Waals surface area (Å²) in [6.07, 6.45) is 6.39. The van der Waals surface area contributed by atoms with E-state index in [1.54, 1.807) is 0 Å². The topological polar surface area (TPSA) is 29.9 Å². The minimum Gasteiger partial charge on any atom is -0.317 e. The first-order valence-electron chi connectivity index (χ1n) is 5.33. The second-order valence-corrected chi connectivity index (χ2v) is 4.15. The van der Waals surface area contributed by atoms with Crippen LogP contribution in [0.5, 0.6) is 0 Å². The number of hydrogen-bond donors (Lipinski definition) is 1. The Bertz CT molecular complexity index is 265. The maximum atomic E-state index is 4.32. The summed E-state index contributed by atoms with van der Waals surface area (Å²) in [5.41, 5.74) is 1.33. The van der Waals surface area contributed by atoms with Crippen LogP contribution in [0.4, 0.5) is 0 Å². The zero-order chi connectivity index (χ0) is 10.6. The minimum absolute atomic E-state index is 0.463. The lowest BCUT2D eigenvalue weighted by molar-refractivity contribution is 0.531. The highest BCUT2D eigenvalue weighted by Crippen LogP contribution is 2.08. The van der Waals surface area contributed by atoms with Crippen LogP contribution in [0.15, 0.2) is 12.4 Å². The van der Waals surface area contributed by atoms with Gasteiger partial charge in [0.2, 0.25) is 0 Å². The zero-order valence-electron chi connectivity index (χ0n) is 9.62. The Balaban J connectivity index is 2.44. The molecule has 1 atom stereocenters. The van der Waals surface area contributed by atoms with E-state index in [-0.39, 0.29) is 0 Å². The molecule has 1 aromatic rings. The van der Waals surface area contributed by atoms with Crippen molar-refractivity contribution in [2.75, 3.05) is 7.05 Å². The minimum atomic E-state index is 0.463. The molecule has 0 aliphatic carbocycles. The summed E-state index contributed by atoms with van der Waals surface area (Å²) in [5.74, 6) is 0. The molecular formula is C11H21N3. The molecule has 1 rings (SSSR count). The first kappa shape index (κ1) is 11.2. The predicted octanol–water partition coefficient (Wildman–Crippen LogP) is 2.00. The fourth-order valence-electron chi connectivity index (χ4n) is 1.32. The third-order valence-corrected chi connectivity index (χ3v) is 2.54. The van der Waals surface area contributed by atoms with Crippen LogP contribution in [0.1, 0.15) is 38.8 Å². The van der Waals surface area contributed by atoms with Crippen molar-refractivity contribution in [2.24, 2.45) is 0 Å². The summed E-state index contributed by atoms with van der Waals surface area (Å²) in [6.45, 7) is 6.49. The smallest absolute Gasteiger partial charge is 0.0521 e. The number of hydrogen-bond acceptors (Lipinski definition) is 2. The summed E-state index contributed by atoms with van der Waals surface area (Å²) in [7, 11) is 2.00. The van der Waals surface area contributed by atoms with Crippen LogP contribution in [0.2, 0.25) is 0 Å². The predicted molar refractivity (Wildman–Crippen MR) is 59.5 cm³/mol. The summed E-state index contributed by atoms with van der Waals surface area (Å²) in [6, 6.07) is 1.04. The third-order valence-electron chi connectivity index (χ3n) is 2.54. The van der Waals surface area contributed by atoms with Gasteiger partial charge in [-0.15, -0.1) is 0 Å². The van der Waals surface area contributed by atoms with Crippen molar-refractivity contribution in [2.45, 2.75) is 45.7 Å². The van der Waals surface area contributed by atoms with Crippen molar-refractivity contribution in [1.29, 1.82) is 0 Å². The van der Waals surface area contributed by atoms with E-state index in [1.807, 2.05) is 17.9 Å². The molecule has 0 bridgehead atoms. The van der Waals surface area contributed by atoms with E-state index < -0.39 is 0 Å². The van der Waals surface area contributed by atoms with Crippen molar-refractivity contribution >= 4 is 0 Å². The SMILES string of the molecule is CNC(C)CCc1cnn(C(C)C)c1. The molecule has 14 heavy (non-hydrogen) atoms. The van der Waals surface area contributed by atoms with E-state index in [0.717, 1.165) is 6.42 Å². The number of aryl methyl sites for hydroxylation is 1. The molecule has 0 spiro atoms. The number of rotatable bonds is 5. The second-order valence-electron chi connectivity index (χ2n) is 4.15. The Hall–Kier alpha value is -0.830. The molecule has 3 nitrogen and oxygen atoms in total. The van der Waals surface area contributed by atoms with Gasteiger partial charge in [0.1, 0.15) is 0 Å². The van der Waals surface area contributed by atoms with Crippen LogP contribution in [-0.4, -0.2) is 22.9 Å². The molecule has 1 N–H and O–H groups in total. The van der Waals surface area contributed by atoms with Gasteiger partial charge in [0.25, 0.3) is 0 Å². The maximum Gasteiger partial charge on any atom is 0.0521 e. The molecule has 0 aliphatic heterocycles. The molecule has 1 unspecified atom stereocenters. The lowest BCUT2D eigenvalue weighted by Gasteiger charge is -2.08. The molecule has 0 fully saturated rings. The number of aromatic nitrogens is 2. The molecule has 0 saturated carbocycles. The molecule has 0 aromatic carbocycles. The van der Waals surface area contributed by atoms with Gasteiger partial charge in [-0.25, -0.2) is 0 Å². The Morgan fingerprint density at radius 2 is 2.14 bits per heavy atom. The molecule has 0 aliphatic rings. The van der Waals surface area contributed by atoms with Gasteiger partial charge in [-0.05, 0) is 46.2 Å². The summed E-state index contributed by atoms with van der Waals surface area (Å²) in [4.78, 5) is 0. The second kappa shape index (κ2) is 5.15. The van der Waals surface area contributed by atoms with E-state index in [2.05, 4.69) is 37.4 Å². The van der Waals surface area contributed by atoms with Gasteiger partial charge in [-0.1, -0.05) is 0 Å². The summed E-state index contributed by atoms with van der Waals surface area (Å²) >= 11 is 0. The van der Waals surface area contributed by atoms with Crippen molar-refractivity contribution < 1.29 is 0 Å². The van der Waals surface area contributed by atoms with Crippen molar-refractivity contribution in [3.8, 4) is 0 Å². The highest BCUT2D eigenvalue weighted by Gasteiger charge is 2.03. The largest absolute Gasteiger partial charge is 0.317 e. The average Bonchev–Trinajstić information content (AvgIpc) is 2.62. The highest BCUT2D eigenvalue weighted by molar-refractivity contribution is 5.04. The fraction of sp³-hybridized carbons (Fsp3) is 0.727. The van der Waals surface area contributed by atoms with E-state index in [4.69, 9.17) is 0 Å². The third kappa shape index (κ3) is 3.14. The van der Waals surface area contributed by atoms with Crippen LogP contribution in [-0.2, 0) is 6.42 Å². The van der Waals surface area contributed by atoms with Gasteiger partial charge in [-0.2, -0.15) is 5.10 Å². The summed E-state index contributed by atoms with van der Waals surface area (Å²) < 4.78 is 2.01. The zero-order valence-corrected chi connectivity index (χ0v) is 9.62. The normalized spacial score (nSPS) is 13.5. The monoisotopic (exact) mass is 195 g/mol. The molecule has 0 amide bonds. The quantitative estimate of drug-likeness (QED) is 0.779. The van der Waals surface area contributed by atoms with E-state index in [9.17, 15) is 0 Å². The van der Waals surface area contributed by atoms with Gasteiger partial charge >= 0.3 is 0 Å². The van der Waals surface area contributed by atoms with Gasteiger partial charge in [0.15, 0.2) is 0 Å².